The van der Waals surface area contributed by atoms with Crippen molar-refractivity contribution < 1.29 is 32.6 Å². The topological polar surface area (TPSA) is 79.4 Å². The van der Waals surface area contributed by atoms with E-state index < -0.39 is 17.7 Å². The van der Waals surface area contributed by atoms with Gasteiger partial charge in [0, 0.05) is 35.4 Å². The molecule has 1 heterocycles. The minimum atomic E-state index is -4.51. The summed E-state index contributed by atoms with van der Waals surface area (Å²) < 4.78 is 47.1. The van der Waals surface area contributed by atoms with E-state index in [1.807, 2.05) is 12.1 Å². The van der Waals surface area contributed by atoms with Crippen LogP contribution in [0, 0.1) is 0 Å². The van der Waals surface area contributed by atoms with E-state index in [9.17, 15) is 22.8 Å². The number of aromatic amines is 1. The van der Waals surface area contributed by atoms with Gasteiger partial charge < -0.3 is 14.8 Å². The number of aromatic nitrogens is 1. The second kappa shape index (κ2) is 8.49. The highest BCUT2D eigenvalue weighted by molar-refractivity contribution is 5.87. The van der Waals surface area contributed by atoms with Gasteiger partial charge in [0.25, 0.3) is 0 Å². The third kappa shape index (κ3) is 4.29. The highest BCUT2D eigenvalue weighted by atomic mass is 19.4. The first-order chi connectivity index (χ1) is 16.2. The average Bonchev–Trinajstić information content (AvgIpc) is 3.47. The number of halogens is 3. The van der Waals surface area contributed by atoms with Gasteiger partial charge in [0.05, 0.1) is 12.0 Å². The Bertz CT molecular complexity index is 1280. The van der Waals surface area contributed by atoms with Gasteiger partial charge in [-0.05, 0) is 66.1 Å². The molecule has 2 aromatic carbocycles. The van der Waals surface area contributed by atoms with Gasteiger partial charge >= 0.3 is 12.1 Å². The Morgan fingerprint density at radius 3 is 2.65 bits per heavy atom. The molecule has 1 aromatic heterocycles. The number of carboxylic acid groups (broad SMARTS) is 1. The molecule has 2 atom stereocenters. The van der Waals surface area contributed by atoms with Crippen LogP contribution in [0.25, 0.3) is 10.9 Å². The van der Waals surface area contributed by atoms with Crippen molar-refractivity contribution >= 4 is 22.7 Å². The van der Waals surface area contributed by atoms with Crippen molar-refractivity contribution in [2.24, 2.45) is 0 Å². The van der Waals surface area contributed by atoms with Gasteiger partial charge in [-0.25, -0.2) is 0 Å². The molecular formula is C26H24F3NO4. The van der Waals surface area contributed by atoms with Gasteiger partial charge in [-0.1, -0.05) is 12.1 Å². The van der Waals surface area contributed by atoms with Crippen molar-refractivity contribution in [3.8, 4) is 5.75 Å². The molecule has 0 bridgehead atoms. The zero-order chi connectivity index (χ0) is 24.0. The molecule has 0 saturated heterocycles. The summed E-state index contributed by atoms with van der Waals surface area (Å²) in [7, 11) is 0. The molecule has 5 rings (SSSR count). The van der Waals surface area contributed by atoms with Crippen LogP contribution in [0.4, 0.5) is 13.2 Å². The predicted molar refractivity (Wildman–Crippen MR) is 119 cm³/mol. The fraction of sp³-hybridized carbons (Fsp3) is 0.385. The number of fused-ring (bicyclic) bond motifs is 3. The fourth-order valence-electron chi connectivity index (χ4n) is 5.37. The van der Waals surface area contributed by atoms with Crippen molar-refractivity contribution in [3.05, 3.63) is 64.3 Å². The number of nitrogens with one attached hydrogen (secondary N) is 1. The average molecular weight is 471 g/mol. The van der Waals surface area contributed by atoms with Crippen LogP contribution in [0.15, 0.2) is 36.4 Å². The van der Waals surface area contributed by atoms with Crippen LogP contribution >= 0.6 is 0 Å². The van der Waals surface area contributed by atoms with Crippen molar-refractivity contribution in [2.45, 2.75) is 63.1 Å². The van der Waals surface area contributed by atoms with Crippen molar-refractivity contribution in [2.75, 3.05) is 0 Å². The zero-order valence-corrected chi connectivity index (χ0v) is 18.4. The van der Waals surface area contributed by atoms with Crippen molar-refractivity contribution in [3.63, 3.8) is 0 Å². The predicted octanol–water partition coefficient (Wildman–Crippen LogP) is 6.11. The van der Waals surface area contributed by atoms with Gasteiger partial charge in [0.1, 0.15) is 18.1 Å². The first kappa shape index (κ1) is 22.5. The van der Waals surface area contributed by atoms with Crippen molar-refractivity contribution in [1.29, 1.82) is 0 Å². The van der Waals surface area contributed by atoms with E-state index in [4.69, 9.17) is 9.84 Å². The largest absolute Gasteiger partial charge is 0.489 e. The maximum absolute atomic E-state index is 13.8. The number of hydrogen-bond donors (Lipinski definition) is 2. The molecule has 0 radical (unpaired) electrons. The van der Waals surface area contributed by atoms with E-state index in [1.165, 1.54) is 6.07 Å². The minimum Gasteiger partial charge on any atom is -0.489 e. The van der Waals surface area contributed by atoms with Crippen LogP contribution < -0.4 is 4.74 Å². The Morgan fingerprint density at radius 1 is 1.12 bits per heavy atom. The number of hydrogen-bond acceptors (Lipinski definition) is 3. The number of H-pyrrole nitrogens is 1. The third-order valence-electron chi connectivity index (χ3n) is 7.00. The number of rotatable bonds is 6. The number of alkyl halides is 3. The maximum atomic E-state index is 13.8. The number of carboxylic acids is 1. The molecule has 178 valence electrons. The lowest BCUT2D eigenvalue weighted by Gasteiger charge is -2.18. The van der Waals surface area contributed by atoms with Crippen LogP contribution in [-0.4, -0.2) is 21.8 Å². The normalized spacial score (nSPS) is 20.1. The second-order valence-corrected chi connectivity index (χ2v) is 9.24. The smallest absolute Gasteiger partial charge is 0.416 e. The molecule has 34 heavy (non-hydrogen) atoms. The number of carbonyl (C=O) groups is 2. The maximum Gasteiger partial charge on any atom is 0.416 e. The van der Waals surface area contributed by atoms with E-state index in [0.29, 0.717) is 24.2 Å². The van der Waals surface area contributed by atoms with Gasteiger partial charge in [-0.15, -0.1) is 0 Å². The minimum absolute atomic E-state index is 0.00597. The van der Waals surface area contributed by atoms with Crippen LogP contribution in [0.3, 0.4) is 0 Å². The summed E-state index contributed by atoms with van der Waals surface area (Å²) in [6.45, 7) is -0.0211. The highest BCUT2D eigenvalue weighted by Gasteiger charge is 2.37. The molecule has 3 aromatic rings. The number of ketones is 1. The van der Waals surface area contributed by atoms with Gasteiger partial charge in [0.15, 0.2) is 0 Å². The standard InChI is InChI=1S/C26H24F3NO4/c27-26(28,29)22-9-14(1-6-19(22)15-2-4-17(31)10-15)13-34-18-5-8-23-21(12-18)20-7-3-16(11-24(32)33)25(20)30-23/h1,5-6,8-9,12,15-16,30H,2-4,7,10-11,13H2,(H,32,33)/t15-,16?/m1/s1. The summed E-state index contributed by atoms with van der Waals surface area (Å²) >= 11 is 0. The number of aryl methyl sites for hydroxylation is 1. The monoisotopic (exact) mass is 471 g/mol. The first-order valence-electron chi connectivity index (χ1n) is 11.4. The Labute approximate surface area is 193 Å². The summed E-state index contributed by atoms with van der Waals surface area (Å²) in [4.78, 5) is 26.0. The summed E-state index contributed by atoms with van der Waals surface area (Å²) in [6, 6.07) is 9.70. The van der Waals surface area contributed by atoms with Gasteiger partial charge in [-0.3, -0.25) is 9.59 Å². The van der Waals surface area contributed by atoms with Crippen LogP contribution in [0.5, 0.6) is 5.75 Å². The molecule has 0 spiro atoms. The molecule has 2 aliphatic carbocycles. The number of Topliss-reactive ketones (excluding diaryl/α,β-unsaturated/α-hetero) is 1. The Kier molecular flexibility index (Phi) is 5.62. The number of carbonyl (C=O) groups excluding carboxylic acids is 1. The highest BCUT2D eigenvalue weighted by Crippen LogP contribution is 2.42. The Hall–Kier alpha value is -3.29. The third-order valence-corrected chi connectivity index (χ3v) is 7.00. The van der Waals surface area contributed by atoms with Gasteiger partial charge in [0.2, 0.25) is 0 Å². The quantitative estimate of drug-likeness (QED) is 0.455. The molecule has 1 fully saturated rings. The van der Waals surface area contributed by atoms with E-state index in [2.05, 4.69) is 4.98 Å². The lowest BCUT2D eigenvalue weighted by molar-refractivity contribution is -0.139. The Morgan fingerprint density at radius 2 is 1.94 bits per heavy atom. The molecule has 2 aliphatic rings. The van der Waals surface area contributed by atoms with Crippen LogP contribution in [0.2, 0.25) is 0 Å². The molecule has 5 nitrogen and oxygen atoms in total. The first-order valence-corrected chi connectivity index (χ1v) is 11.4. The Balaban J connectivity index is 1.36. The lowest BCUT2D eigenvalue weighted by atomic mass is 9.91. The lowest BCUT2D eigenvalue weighted by Crippen LogP contribution is -2.12. The molecule has 0 amide bonds. The van der Waals surface area contributed by atoms with Crippen LogP contribution in [-0.2, 0) is 28.8 Å². The summed E-state index contributed by atoms with van der Waals surface area (Å²) in [5.41, 5.74) is 2.81. The van der Waals surface area contributed by atoms with E-state index in [1.54, 1.807) is 12.1 Å². The molecular weight excluding hydrogens is 447 g/mol. The summed E-state index contributed by atoms with van der Waals surface area (Å²) in [6.07, 6.45) is -1.94. The molecule has 2 N–H and O–H groups in total. The molecule has 1 unspecified atom stereocenters. The molecule has 8 heteroatoms. The van der Waals surface area contributed by atoms with Crippen molar-refractivity contribution in [1.82, 2.24) is 4.98 Å². The summed E-state index contributed by atoms with van der Waals surface area (Å²) in [5, 5.41) is 10.1. The van der Waals surface area contributed by atoms with E-state index in [0.717, 1.165) is 41.1 Å². The SMILES string of the molecule is O=C(O)CC1CCc2c1[nH]c1ccc(OCc3ccc([C@@H]4CCC(=O)C4)c(C(F)(F)F)c3)cc21. The molecule has 0 aliphatic heterocycles. The zero-order valence-electron chi connectivity index (χ0n) is 18.4. The van der Waals surface area contributed by atoms with E-state index >= 15 is 0 Å². The van der Waals surface area contributed by atoms with Gasteiger partial charge in [-0.2, -0.15) is 13.2 Å². The van der Waals surface area contributed by atoms with E-state index in [-0.39, 0.29) is 42.6 Å². The fourth-order valence-corrected chi connectivity index (χ4v) is 5.37. The number of ether oxygens (including phenoxy) is 1. The molecule has 1 saturated carbocycles. The summed E-state index contributed by atoms with van der Waals surface area (Å²) in [5.74, 6) is -0.716. The van der Waals surface area contributed by atoms with Crippen LogP contribution in [0.1, 0.15) is 71.9 Å². The second-order valence-electron chi connectivity index (χ2n) is 9.24. The number of benzene rings is 2. The number of aliphatic carboxylic acids is 1.